The Bertz CT molecular complexity index is 656. The number of benzene rings is 1. The first-order valence-electron chi connectivity index (χ1n) is 5.32. The summed E-state index contributed by atoms with van der Waals surface area (Å²) in [4.78, 5) is 15.4. The highest BCUT2D eigenvalue weighted by atomic mass is 16.5. The fourth-order valence-corrected chi connectivity index (χ4v) is 1.63. The summed E-state index contributed by atoms with van der Waals surface area (Å²) in [5.74, 6) is 0.528. The highest BCUT2D eigenvalue weighted by molar-refractivity contribution is 5.45. The second kappa shape index (κ2) is 5.15. The molecule has 0 aliphatic rings. The van der Waals surface area contributed by atoms with Crippen molar-refractivity contribution in [3.63, 3.8) is 0 Å². The third-order valence-electron chi connectivity index (χ3n) is 2.53. The maximum Gasteiger partial charge on any atom is 0.253 e. The monoisotopic (exact) mass is 241 g/mol. The van der Waals surface area contributed by atoms with Gasteiger partial charge in [0.15, 0.2) is 0 Å². The lowest BCUT2D eigenvalue weighted by molar-refractivity contribution is 0.413. The predicted molar refractivity (Wildman–Crippen MR) is 65.3 cm³/mol. The van der Waals surface area contributed by atoms with Crippen molar-refractivity contribution >= 4 is 0 Å². The van der Waals surface area contributed by atoms with Crippen LogP contribution in [0.5, 0.6) is 5.75 Å². The summed E-state index contributed by atoms with van der Waals surface area (Å²) in [5, 5.41) is 8.98. The van der Waals surface area contributed by atoms with Crippen molar-refractivity contribution in [2.75, 3.05) is 7.11 Å². The second-order valence-corrected chi connectivity index (χ2v) is 3.69. The topological polar surface area (TPSA) is 67.9 Å². The van der Waals surface area contributed by atoms with Crippen LogP contribution in [0, 0.1) is 11.3 Å². The van der Waals surface area contributed by atoms with Gasteiger partial charge in [0.2, 0.25) is 0 Å². The number of nitrogens with zero attached hydrogens (tertiary/aromatic N) is 3. The molecule has 2 rings (SSSR count). The number of hydrogen-bond donors (Lipinski definition) is 0. The fraction of sp³-hybridized carbons (Fsp3) is 0.154. The number of nitriles is 1. The minimum Gasteiger partial charge on any atom is -0.495 e. The Balaban J connectivity index is 2.34. The molecule has 0 unspecified atom stereocenters. The Kier molecular flexibility index (Phi) is 3.39. The maximum atomic E-state index is 11.5. The maximum absolute atomic E-state index is 11.5. The van der Waals surface area contributed by atoms with Crippen LogP contribution in [0.2, 0.25) is 0 Å². The molecule has 0 fully saturated rings. The first-order valence-corrected chi connectivity index (χ1v) is 5.32. The van der Waals surface area contributed by atoms with Crippen LogP contribution in [0.1, 0.15) is 11.1 Å². The van der Waals surface area contributed by atoms with Crippen LogP contribution in [-0.2, 0) is 6.54 Å². The van der Waals surface area contributed by atoms with E-state index in [1.54, 1.807) is 12.1 Å². The van der Waals surface area contributed by atoms with E-state index in [1.807, 2.05) is 6.07 Å². The third-order valence-corrected chi connectivity index (χ3v) is 2.53. The summed E-state index contributed by atoms with van der Waals surface area (Å²) in [6.07, 6.45) is 2.92. The summed E-state index contributed by atoms with van der Waals surface area (Å²) < 4.78 is 6.54. The first-order chi connectivity index (χ1) is 8.74. The van der Waals surface area contributed by atoms with Gasteiger partial charge in [0.25, 0.3) is 5.56 Å². The lowest BCUT2D eigenvalue weighted by Crippen LogP contribution is -2.19. The van der Waals surface area contributed by atoms with Crippen molar-refractivity contribution in [3.05, 3.63) is 58.3 Å². The Morgan fingerprint density at radius 3 is 2.94 bits per heavy atom. The highest BCUT2D eigenvalue weighted by Crippen LogP contribution is 2.18. The zero-order chi connectivity index (χ0) is 13.0. The van der Waals surface area contributed by atoms with E-state index < -0.39 is 0 Å². The fourth-order valence-electron chi connectivity index (χ4n) is 1.63. The molecule has 0 aliphatic carbocycles. The van der Waals surface area contributed by atoms with E-state index in [9.17, 15) is 4.79 Å². The van der Waals surface area contributed by atoms with Crippen LogP contribution < -0.4 is 10.3 Å². The van der Waals surface area contributed by atoms with Crippen LogP contribution in [0.4, 0.5) is 0 Å². The molecule has 0 bridgehead atoms. The summed E-state index contributed by atoms with van der Waals surface area (Å²) >= 11 is 0. The van der Waals surface area contributed by atoms with Crippen molar-refractivity contribution in [1.82, 2.24) is 9.55 Å². The summed E-state index contributed by atoms with van der Waals surface area (Å²) in [7, 11) is 1.52. The average Bonchev–Trinajstić information content (AvgIpc) is 2.41. The van der Waals surface area contributed by atoms with Gasteiger partial charge in [-0.15, -0.1) is 0 Å². The molecule has 0 N–H and O–H groups in total. The Labute approximate surface area is 104 Å². The second-order valence-electron chi connectivity index (χ2n) is 3.69. The lowest BCUT2D eigenvalue weighted by atomic mass is 10.1. The van der Waals surface area contributed by atoms with Gasteiger partial charge in [-0.25, -0.2) is 4.98 Å². The molecule has 2 aromatic rings. The van der Waals surface area contributed by atoms with Gasteiger partial charge >= 0.3 is 0 Å². The van der Waals surface area contributed by atoms with Crippen molar-refractivity contribution in [2.24, 2.45) is 0 Å². The van der Waals surface area contributed by atoms with Gasteiger partial charge in [0.05, 0.1) is 25.5 Å². The number of methoxy groups -OCH3 is 1. The quantitative estimate of drug-likeness (QED) is 0.809. The SMILES string of the molecule is COc1ccc(Cn2cnccc2=O)cc1C#N. The van der Waals surface area contributed by atoms with Crippen molar-refractivity contribution in [2.45, 2.75) is 6.54 Å². The summed E-state index contributed by atoms with van der Waals surface area (Å²) in [6.45, 7) is 0.380. The normalized spacial score (nSPS) is 9.78. The van der Waals surface area contributed by atoms with Crippen molar-refractivity contribution in [3.8, 4) is 11.8 Å². The van der Waals surface area contributed by atoms with E-state index in [4.69, 9.17) is 10.00 Å². The molecule has 0 amide bonds. The van der Waals surface area contributed by atoms with Gasteiger partial charge in [-0.3, -0.25) is 9.36 Å². The molecule has 1 aromatic carbocycles. The zero-order valence-electron chi connectivity index (χ0n) is 9.83. The minimum absolute atomic E-state index is 0.126. The summed E-state index contributed by atoms with van der Waals surface area (Å²) in [5.41, 5.74) is 1.17. The van der Waals surface area contributed by atoms with Crippen LogP contribution in [0.3, 0.4) is 0 Å². The Morgan fingerprint density at radius 2 is 2.28 bits per heavy atom. The molecule has 18 heavy (non-hydrogen) atoms. The Hall–Kier alpha value is -2.61. The van der Waals surface area contributed by atoms with Crippen LogP contribution in [-0.4, -0.2) is 16.7 Å². The molecule has 0 aliphatic heterocycles. The molecule has 90 valence electrons. The van der Waals surface area contributed by atoms with Crippen LogP contribution in [0.15, 0.2) is 41.6 Å². The highest BCUT2D eigenvalue weighted by Gasteiger charge is 2.04. The number of aromatic nitrogens is 2. The van der Waals surface area contributed by atoms with Crippen LogP contribution in [0.25, 0.3) is 0 Å². The molecule has 0 atom stereocenters. The number of ether oxygens (including phenoxy) is 1. The zero-order valence-corrected chi connectivity index (χ0v) is 9.83. The molecule has 5 heteroatoms. The van der Waals surface area contributed by atoms with E-state index in [2.05, 4.69) is 11.1 Å². The van der Waals surface area contributed by atoms with Gasteiger partial charge in [-0.1, -0.05) is 6.07 Å². The standard InChI is InChI=1S/C13H11N3O2/c1-18-12-3-2-10(6-11(12)7-14)8-16-9-15-5-4-13(16)17/h2-6,9H,8H2,1H3. The molecule has 0 saturated carbocycles. The number of rotatable bonds is 3. The smallest absolute Gasteiger partial charge is 0.253 e. The molecule has 0 radical (unpaired) electrons. The molecular formula is C13H11N3O2. The van der Waals surface area contributed by atoms with Gasteiger partial charge in [-0.2, -0.15) is 5.26 Å². The summed E-state index contributed by atoms with van der Waals surface area (Å²) in [6, 6.07) is 8.70. The molecule has 0 spiro atoms. The average molecular weight is 241 g/mol. The number of hydrogen-bond acceptors (Lipinski definition) is 4. The predicted octanol–water partition coefficient (Wildman–Crippen LogP) is 1.17. The van der Waals surface area contributed by atoms with E-state index in [1.165, 1.54) is 30.3 Å². The van der Waals surface area contributed by atoms with E-state index in [0.717, 1.165) is 5.56 Å². The van der Waals surface area contributed by atoms with Crippen LogP contribution >= 0.6 is 0 Å². The molecule has 1 aromatic heterocycles. The largest absolute Gasteiger partial charge is 0.495 e. The van der Waals surface area contributed by atoms with Gasteiger partial charge in [0, 0.05) is 12.3 Å². The van der Waals surface area contributed by atoms with Gasteiger partial charge in [-0.05, 0) is 17.7 Å². The van der Waals surface area contributed by atoms with E-state index >= 15 is 0 Å². The lowest BCUT2D eigenvalue weighted by Gasteiger charge is -2.07. The van der Waals surface area contributed by atoms with Gasteiger partial charge < -0.3 is 4.74 Å². The third kappa shape index (κ3) is 2.38. The molecule has 1 heterocycles. The Morgan fingerprint density at radius 1 is 1.44 bits per heavy atom. The van der Waals surface area contributed by atoms with E-state index in [0.29, 0.717) is 17.9 Å². The molecular weight excluding hydrogens is 230 g/mol. The molecule has 0 saturated heterocycles. The van der Waals surface area contributed by atoms with E-state index in [-0.39, 0.29) is 5.56 Å². The van der Waals surface area contributed by atoms with Crippen molar-refractivity contribution < 1.29 is 4.74 Å². The minimum atomic E-state index is -0.126. The molecule has 5 nitrogen and oxygen atoms in total. The van der Waals surface area contributed by atoms with Crippen molar-refractivity contribution in [1.29, 1.82) is 5.26 Å². The van der Waals surface area contributed by atoms with Gasteiger partial charge in [0.1, 0.15) is 11.8 Å². The first kappa shape index (κ1) is 11.9.